The maximum atomic E-state index is 7.27. The predicted octanol–water partition coefficient (Wildman–Crippen LogP) is 17.1. The van der Waals surface area contributed by atoms with E-state index in [0.717, 1.165) is 50.1 Å². The lowest BCUT2D eigenvalue weighted by atomic mass is 9.67. The molecule has 0 atom stereocenters. The Labute approximate surface area is 385 Å². The Morgan fingerprint density at radius 2 is 0.879 bits per heavy atom. The fourth-order valence-electron chi connectivity index (χ4n) is 11.5. The maximum Gasteiger partial charge on any atom is 0.137 e. The molecule has 2 nitrogen and oxygen atoms in total. The van der Waals surface area contributed by atoms with Gasteiger partial charge in [-0.15, -0.1) is 0 Å². The monoisotopic (exact) mass is 843 g/mol. The van der Waals surface area contributed by atoms with Gasteiger partial charge in [0.15, 0.2) is 0 Å². The van der Waals surface area contributed by atoms with Gasteiger partial charge in [0.25, 0.3) is 0 Å². The highest BCUT2D eigenvalue weighted by Crippen LogP contribution is 2.62. The maximum absolute atomic E-state index is 7.27. The van der Waals surface area contributed by atoms with Gasteiger partial charge in [0.05, 0.1) is 16.5 Å². The summed E-state index contributed by atoms with van der Waals surface area (Å²) in [5.41, 5.74) is 21.4. The van der Waals surface area contributed by atoms with Crippen LogP contribution >= 0.6 is 0 Å². The Balaban J connectivity index is 1.18. The van der Waals surface area contributed by atoms with E-state index in [0.29, 0.717) is 0 Å². The molecule has 2 aliphatic rings. The highest BCUT2D eigenvalue weighted by Gasteiger charge is 2.49. The number of fused-ring (bicyclic) bond motifs is 9. The quantitative estimate of drug-likeness (QED) is 0.159. The van der Waals surface area contributed by atoms with E-state index in [9.17, 15) is 0 Å². The second-order valence-corrected chi connectivity index (χ2v) is 18.4. The van der Waals surface area contributed by atoms with Crippen LogP contribution in [0.15, 0.2) is 241 Å². The zero-order chi connectivity index (χ0) is 44.0. The summed E-state index contributed by atoms with van der Waals surface area (Å²) in [7, 11) is 0. The lowest BCUT2D eigenvalue weighted by Gasteiger charge is -2.35. The number of hydrogen-bond acceptors (Lipinski definition) is 2. The fourth-order valence-corrected chi connectivity index (χ4v) is 11.5. The third kappa shape index (κ3) is 5.55. The molecule has 0 amide bonds. The van der Waals surface area contributed by atoms with Crippen LogP contribution in [0.5, 0.6) is 0 Å². The lowest BCUT2D eigenvalue weighted by Crippen LogP contribution is -2.28. The SMILES string of the molecule is CC1(C)c2ccccc2-c2ccc(N(c3ccc(-c4ccccc4)cc3)c3c4c(cc5oc6cc(-c7ccccc7)ccc6c35)C(c3ccccc3)(c3ccccc3)c3ccccc3-4)cc21. The lowest BCUT2D eigenvalue weighted by molar-refractivity contribution is 0.660. The van der Waals surface area contributed by atoms with E-state index >= 15 is 0 Å². The molecule has 1 aromatic heterocycles. The summed E-state index contributed by atoms with van der Waals surface area (Å²) < 4.78 is 7.27. The minimum absolute atomic E-state index is 0.197. The number of anilines is 3. The van der Waals surface area contributed by atoms with Gasteiger partial charge in [-0.1, -0.05) is 208 Å². The molecule has 0 spiro atoms. The molecule has 2 heteroatoms. The Morgan fingerprint density at radius 3 is 1.55 bits per heavy atom. The fraction of sp³-hybridized carbons (Fsp3) is 0.0625. The first-order valence-electron chi connectivity index (χ1n) is 23.0. The zero-order valence-corrected chi connectivity index (χ0v) is 36.9. The van der Waals surface area contributed by atoms with Crippen LogP contribution in [-0.2, 0) is 10.8 Å². The van der Waals surface area contributed by atoms with E-state index in [2.05, 4.69) is 255 Å². The molecule has 0 fully saturated rings. The van der Waals surface area contributed by atoms with Gasteiger partial charge in [-0.05, 0) is 115 Å². The van der Waals surface area contributed by atoms with Gasteiger partial charge in [0.1, 0.15) is 11.2 Å². The highest BCUT2D eigenvalue weighted by molar-refractivity contribution is 6.19. The van der Waals surface area contributed by atoms with Crippen molar-refractivity contribution in [3.05, 3.63) is 270 Å². The number of furan rings is 1. The Hall–Kier alpha value is -8.20. The van der Waals surface area contributed by atoms with Crippen LogP contribution in [0, 0.1) is 0 Å². The average Bonchev–Trinajstić information content (AvgIpc) is 3.98. The van der Waals surface area contributed by atoms with Crippen molar-refractivity contribution >= 4 is 39.0 Å². The van der Waals surface area contributed by atoms with Crippen molar-refractivity contribution in [3.63, 3.8) is 0 Å². The summed E-state index contributed by atoms with van der Waals surface area (Å²) in [6.45, 7) is 4.74. The number of nitrogens with zero attached hydrogens (tertiary/aromatic N) is 1. The van der Waals surface area contributed by atoms with Gasteiger partial charge in [0, 0.05) is 27.7 Å². The smallest absolute Gasteiger partial charge is 0.137 e. The van der Waals surface area contributed by atoms with Crippen molar-refractivity contribution in [1.29, 1.82) is 0 Å². The molecule has 11 aromatic rings. The average molecular weight is 844 g/mol. The van der Waals surface area contributed by atoms with Crippen LogP contribution in [0.4, 0.5) is 17.1 Å². The molecule has 13 rings (SSSR count). The minimum Gasteiger partial charge on any atom is -0.456 e. The van der Waals surface area contributed by atoms with Crippen molar-refractivity contribution in [2.45, 2.75) is 24.7 Å². The van der Waals surface area contributed by atoms with Gasteiger partial charge in [-0.2, -0.15) is 0 Å². The highest BCUT2D eigenvalue weighted by atomic mass is 16.3. The first kappa shape index (κ1) is 38.3. The molecule has 0 bridgehead atoms. The summed E-state index contributed by atoms with van der Waals surface area (Å²) in [5.74, 6) is 0. The van der Waals surface area contributed by atoms with E-state index in [1.54, 1.807) is 0 Å². The van der Waals surface area contributed by atoms with Crippen LogP contribution in [0.3, 0.4) is 0 Å². The van der Waals surface area contributed by atoms with Crippen molar-refractivity contribution < 1.29 is 4.42 Å². The molecule has 1 heterocycles. The summed E-state index contributed by atoms with van der Waals surface area (Å²) in [6, 6.07) is 86.9. The summed E-state index contributed by atoms with van der Waals surface area (Å²) in [4.78, 5) is 2.54. The molecular weight excluding hydrogens is 799 g/mol. The predicted molar refractivity (Wildman–Crippen MR) is 274 cm³/mol. The molecule has 0 aliphatic heterocycles. The Kier molecular flexibility index (Phi) is 8.51. The van der Waals surface area contributed by atoms with Crippen molar-refractivity contribution in [3.8, 4) is 44.5 Å². The second-order valence-electron chi connectivity index (χ2n) is 18.4. The molecule has 0 unspecified atom stereocenters. The summed E-state index contributed by atoms with van der Waals surface area (Å²) in [5, 5.41) is 2.17. The molecule has 0 N–H and O–H groups in total. The summed E-state index contributed by atoms with van der Waals surface area (Å²) >= 11 is 0. The summed E-state index contributed by atoms with van der Waals surface area (Å²) in [6.07, 6.45) is 0. The third-order valence-corrected chi connectivity index (χ3v) is 14.5. The molecular formula is C64H45NO. The van der Waals surface area contributed by atoms with Gasteiger partial charge in [0.2, 0.25) is 0 Å². The van der Waals surface area contributed by atoms with Gasteiger partial charge >= 0.3 is 0 Å². The molecule has 0 radical (unpaired) electrons. The first-order valence-corrected chi connectivity index (χ1v) is 23.0. The van der Waals surface area contributed by atoms with E-state index in [4.69, 9.17) is 4.42 Å². The normalized spacial score (nSPS) is 13.8. The zero-order valence-electron chi connectivity index (χ0n) is 36.9. The van der Waals surface area contributed by atoms with Gasteiger partial charge in [-0.3, -0.25) is 0 Å². The first-order chi connectivity index (χ1) is 32.5. The number of benzene rings is 10. The Bertz CT molecular complexity index is 3600. The van der Waals surface area contributed by atoms with Crippen LogP contribution < -0.4 is 4.90 Å². The molecule has 2 aliphatic carbocycles. The minimum atomic E-state index is -0.643. The molecule has 0 saturated heterocycles. The largest absolute Gasteiger partial charge is 0.456 e. The topological polar surface area (TPSA) is 16.4 Å². The third-order valence-electron chi connectivity index (χ3n) is 14.5. The van der Waals surface area contributed by atoms with E-state index in [1.807, 2.05) is 0 Å². The van der Waals surface area contributed by atoms with Crippen molar-refractivity contribution in [2.75, 3.05) is 4.90 Å². The van der Waals surface area contributed by atoms with Crippen LogP contribution in [0.25, 0.3) is 66.4 Å². The van der Waals surface area contributed by atoms with E-state index in [-0.39, 0.29) is 5.41 Å². The van der Waals surface area contributed by atoms with Crippen LogP contribution in [-0.4, -0.2) is 0 Å². The molecule has 10 aromatic carbocycles. The Morgan fingerprint density at radius 1 is 0.364 bits per heavy atom. The molecule has 66 heavy (non-hydrogen) atoms. The van der Waals surface area contributed by atoms with E-state index < -0.39 is 5.41 Å². The number of rotatable bonds is 7. The van der Waals surface area contributed by atoms with Gasteiger partial charge < -0.3 is 9.32 Å². The second kappa shape index (κ2) is 14.7. The standard InChI is InChI=1S/C64H45NO/c1-63(2)54-29-17-15-27-50(54)51-38-36-49(40-56(51)63)65(48-34-31-44(32-35-48)42-19-7-3-8-20-42)62-60-52-28-16-18-30-55(52)64(46-23-11-5-12-24-46,47-25-13-6-14-26-47)57(60)41-59-61(62)53-37-33-45(39-58(53)66-59)43-21-9-4-10-22-43/h3-41H,1-2H3. The van der Waals surface area contributed by atoms with E-state index in [1.165, 1.54) is 66.8 Å². The van der Waals surface area contributed by atoms with Crippen molar-refractivity contribution in [2.24, 2.45) is 0 Å². The number of hydrogen-bond donors (Lipinski definition) is 0. The van der Waals surface area contributed by atoms with Crippen LogP contribution in [0.1, 0.15) is 47.2 Å². The molecule has 0 saturated carbocycles. The van der Waals surface area contributed by atoms with Gasteiger partial charge in [-0.25, -0.2) is 0 Å². The van der Waals surface area contributed by atoms with Crippen LogP contribution in [0.2, 0.25) is 0 Å². The van der Waals surface area contributed by atoms with Crippen molar-refractivity contribution in [1.82, 2.24) is 0 Å². The molecule has 312 valence electrons.